The molecule has 3 aromatic heterocycles. The van der Waals surface area contributed by atoms with E-state index in [2.05, 4.69) is 110 Å². The highest BCUT2D eigenvalue weighted by Gasteiger charge is 2.40. The molecule has 4 aromatic carbocycles. The van der Waals surface area contributed by atoms with E-state index in [1.54, 1.807) is 0 Å². The summed E-state index contributed by atoms with van der Waals surface area (Å²) in [6, 6.07) is 28.9. The molecule has 0 atom stereocenters. The molecule has 8 rings (SSSR count). The van der Waals surface area contributed by atoms with E-state index in [0.29, 0.717) is 0 Å². The third-order valence-corrected chi connectivity index (χ3v) is 8.26. The van der Waals surface area contributed by atoms with Crippen molar-refractivity contribution >= 4 is 60.4 Å². The Kier molecular flexibility index (Phi) is 3.44. The fraction of sp³-hybridized carbons (Fsp3) is 0.121. The predicted molar refractivity (Wildman–Crippen MR) is 148 cm³/mol. The molecule has 0 spiro atoms. The van der Waals surface area contributed by atoms with Gasteiger partial charge in [-0.1, -0.05) is 74.5 Å². The molecule has 2 nitrogen and oxygen atoms in total. The summed E-state index contributed by atoms with van der Waals surface area (Å²) in [5, 5.41) is 9.09. The Morgan fingerprint density at radius 3 is 2.40 bits per heavy atom. The minimum Gasteiger partial charge on any atom is -0.311 e. The molecule has 1 aliphatic carbocycles. The fourth-order valence-electron chi connectivity index (χ4n) is 6.60. The minimum atomic E-state index is -0.189. The molecule has 0 saturated heterocycles. The third kappa shape index (κ3) is 2.27. The van der Waals surface area contributed by atoms with Crippen molar-refractivity contribution in [1.82, 2.24) is 9.38 Å². The van der Waals surface area contributed by atoms with Gasteiger partial charge in [-0.3, -0.25) is 4.98 Å². The van der Waals surface area contributed by atoms with Crippen LogP contribution in [0.5, 0.6) is 0 Å². The number of fused-ring (bicyclic) bond motifs is 8. The topological polar surface area (TPSA) is 17.3 Å². The van der Waals surface area contributed by atoms with Crippen LogP contribution >= 0.6 is 0 Å². The summed E-state index contributed by atoms with van der Waals surface area (Å²) in [4.78, 5) is 4.92. The van der Waals surface area contributed by atoms with E-state index in [4.69, 9.17) is 4.98 Å². The standard InChI is InChI=1S/C33H24N2/c1-19-8-6-10-21-16-26-23-12-7-13-24-27-17-28(30-22-11-5-4-9-20(22)14-15-34-30)33(2,3)32(27)35(31(23)24)29(26)18-25(19)21/h4-18H,1-3H3. The molecule has 7 aromatic rings. The van der Waals surface area contributed by atoms with Gasteiger partial charge in [0.2, 0.25) is 0 Å². The van der Waals surface area contributed by atoms with Crippen molar-refractivity contribution in [1.29, 1.82) is 0 Å². The first-order valence-corrected chi connectivity index (χ1v) is 12.3. The van der Waals surface area contributed by atoms with Crippen molar-refractivity contribution in [3.05, 3.63) is 108 Å². The molecule has 0 saturated carbocycles. The monoisotopic (exact) mass is 448 g/mol. The summed E-state index contributed by atoms with van der Waals surface area (Å²) in [7, 11) is 0. The summed E-state index contributed by atoms with van der Waals surface area (Å²) in [6.07, 6.45) is 4.36. The summed E-state index contributed by atoms with van der Waals surface area (Å²) in [6.45, 7) is 6.93. The zero-order valence-corrected chi connectivity index (χ0v) is 20.1. The lowest BCUT2D eigenvalue weighted by Crippen LogP contribution is -2.19. The quantitative estimate of drug-likeness (QED) is 0.246. The van der Waals surface area contributed by atoms with E-state index in [9.17, 15) is 0 Å². The third-order valence-electron chi connectivity index (χ3n) is 8.26. The van der Waals surface area contributed by atoms with Crippen molar-refractivity contribution < 1.29 is 0 Å². The van der Waals surface area contributed by atoms with Gasteiger partial charge in [-0.25, -0.2) is 0 Å². The summed E-state index contributed by atoms with van der Waals surface area (Å²) < 4.78 is 2.55. The highest BCUT2D eigenvalue weighted by molar-refractivity contribution is 6.21. The Morgan fingerprint density at radius 1 is 0.714 bits per heavy atom. The second kappa shape index (κ2) is 6.28. The van der Waals surface area contributed by atoms with Crippen LogP contribution < -0.4 is 0 Å². The minimum absolute atomic E-state index is 0.189. The number of para-hydroxylation sites is 1. The molecule has 0 amide bonds. The van der Waals surface area contributed by atoms with Crippen LogP contribution in [-0.4, -0.2) is 9.38 Å². The fourth-order valence-corrected chi connectivity index (χ4v) is 6.60. The number of nitrogens with zero attached hydrogens (tertiary/aromatic N) is 2. The van der Waals surface area contributed by atoms with E-state index < -0.39 is 0 Å². The first-order chi connectivity index (χ1) is 17.0. The van der Waals surface area contributed by atoms with Crippen molar-refractivity contribution in [2.75, 3.05) is 0 Å². The lowest BCUT2D eigenvalue weighted by atomic mass is 9.82. The Hall–Kier alpha value is -4.17. The second-order valence-electron chi connectivity index (χ2n) is 10.5. The molecule has 2 heteroatoms. The van der Waals surface area contributed by atoms with Crippen LogP contribution in [-0.2, 0) is 5.41 Å². The normalized spacial score (nSPS) is 15.1. The Morgan fingerprint density at radius 2 is 1.49 bits per heavy atom. The van der Waals surface area contributed by atoms with Gasteiger partial charge >= 0.3 is 0 Å². The Bertz CT molecular complexity index is 2030. The van der Waals surface area contributed by atoms with Gasteiger partial charge in [0.05, 0.1) is 16.7 Å². The maximum Gasteiger partial charge on any atom is 0.0749 e. The first kappa shape index (κ1) is 19.2. The number of hydrogen-bond donors (Lipinski definition) is 0. The average Bonchev–Trinajstić information content (AvgIpc) is 3.46. The van der Waals surface area contributed by atoms with E-state index in [1.807, 2.05) is 6.20 Å². The van der Waals surface area contributed by atoms with Crippen molar-refractivity contribution in [2.24, 2.45) is 0 Å². The van der Waals surface area contributed by atoms with E-state index in [1.165, 1.54) is 71.1 Å². The van der Waals surface area contributed by atoms with E-state index >= 15 is 0 Å². The van der Waals surface area contributed by atoms with Crippen LogP contribution in [0.3, 0.4) is 0 Å². The smallest absolute Gasteiger partial charge is 0.0749 e. The van der Waals surface area contributed by atoms with Gasteiger partial charge in [0.25, 0.3) is 0 Å². The SMILES string of the molecule is Cc1cccc2cc3c4cccc5c6c(n(c3cc12)c54)C(C)(C)C(c1nccc2ccccc12)=C6. The highest BCUT2D eigenvalue weighted by atomic mass is 14.9. The van der Waals surface area contributed by atoms with Gasteiger partial charge < -0.3 is 4.40 Å². The van der Waals surface area contributed by atoms with Crippen molar-refractivity contribution in [3.8, 4) is 0 Å². The largest absolute Gasteiger partial charge is 0.311 e. The molecule has 0 aliphatic heterocycles. The average molecular weight is 449 g/mol. The van der Waals surface area contributed by atoms with Crippen molar-refractivity contribution in [2.45, 2.75) is 26.2 Å². The van der Waals surface area contributed by atoms with Crippen molar-refractivity contribution in [3.63, 3.8) is 0 Å². The van der Waals surface area contributed by atoms with Crippen LogP contribution in [0.4, 0.5) is 0 Å². The van der Waals surface area contributed by atoms with Crippen LogP contribution in [0.1, 0.15) is 36.4 Å². The summed E-state index contributed by atoms with van der Waals surface area (Å²) >= 11 is 0. The molecule has 0 radical (unpaired) electrons. The number of aryl methyl sites for hydroxylation is 1. The zero-order chi connectivity index (χ0) is 23.5. The van der Waals surface area contributed by atoms with Gasteiger partial charge in [0, 0.05) is 44.4 Å². The number of aromatic nitrogens is 2. The van der Waals surface area contributed by atoms with Gasteiger partial charge in [0.15, 0.2) is 0 Å². The molecule has 166 valence electrons. The molecular weight excluding hydrogens is 424 g/mol. The molecule has 0 N–H and O–H groups in total. The van der Waals surface area contributed by atoms with Crippen LogP contribution in [0.2, 0.25) is 0 Å². The number of rotatable bonds is 1. The number of benzene rings is 4. The lowest BCUT2D eigenvalue weighted by Gasteiger charge is -2.25. The molecule has 0 bridgehead atoms. The van der Waals surface area contributed by atoms with Gasteiger partial charge in [-0.15, -0.1) is 0 Å². The molecule has 3 heterocycles. The zero-order valence-electron chi connectivity index (χ0n) is 20.1. The Balaban J connectivity index is 1.51. The van der Waals surface area contributed by atoms with Gasteiger partial charge in [-0.05, 0) is 58.5 Å². The molecular formula is C33H24N2. The molecule has 1 aliphatic rings. The van der Waals surface area contributed by atoms with Crippen LogP contribution in [0.25, 0.3) is 60.4 Å². The summed E-state index contributed by atoms with van der Waals surface area (Å²) in [5.74, 6) is 0. The van der Waals surface area contributed by atoms with Gasteiger partial charge in [-0.2, -0.15) is 0 Å². The molecule has 0 unspecified atom stereocenters. The highest BCUT2D eigenvalue weighted by Crippen LogP contribution is 2.52. The predicted octanol–water partition coefficient (Wildman–Crippen LogP) is 8.53. The second-order valence-corrected chi connectivity index (χ2v) is 10.5. The number of pyridine rings is 1. The lowest BCUT2D eigenvalue weighted by molar-refractivity contribution is 0.671. The first-order valence-electron chi connectivity index (χ1n) is 12.3. The van der Waals surface area contributed by atoms with Crippen LogP contribution in [0, 0.1) is 6.92 Å². The van der Waals surface area contributed by atoms with E-state index in [-0.39, 0.29) is 5.41 Å². The number of hydrogen-bond acceptors (Lipinski definition) is 1. The van der Waals surface area contributed by atoms with E-state index in [0.717, 1.165) is 5.69 Å². The van der Waals surface area contributed by atoms with Gasteiger partial charge in [0.1, 0.15) is 0 Å². The maximum absolute atomic E-state index is 4.92. The molecule has 0 fully saturated rings. The maximum atomic E-state index is 4.92. The summed E-state index contributed by atoms with van der Waals surface area (Å²) in [5.41, 5.74) is 8.87. The Labute approximate surface area is 203 Å². The molecule has 35 heavy (non-hydrogen) atoms. The van der Waals surface area contributed by atoms with Crippen LogP contribution in [0.15, 0.2) is 85.1 Å². The number of allylic oxidation sites excluding steroid dienone is 1.